The van der Waals surface area contributed by atoms with Crippen molar-refractivity contribution >= 4 is 17.8 Å². The van der Waals surface area contributed by atoms with Crippen LogP contribution in [0.1, 0.15) is 38.3 Å². The van der Waals surface area contributed by atoms with Gasteiger partial charge in [-0.3, -0.25) is 14.4 Å². The van der Waals surface area contributed by atoms with Gasteiger partial charge in [-0.15, -0.1) is 0 Å². The number of carbonyl (C=O) groups excluding carboxylic acids is 2. The molecular formula is C20H18N6O4. The fourth-order valence-electron chi connectivity index (χ4n) is 2.53. The van der Waals surface area contributed by atoms with Crippen molar-refractivity contribution in [3.8, 4) is 6.07 Å². The average Bonchev–Trinajstić information content (AvgIpc) is 2.75. The number of nitrogens with one attached hydrogen (secondary N) is 2. The number of hydrogen-bond acceptors (Lipinski definition) is 5. The van der Waals surface area contributed by atoms with Gasteiger partial charge < -0.3 is 15.7 Å². The fourth-order valence-corrected chi connectivity index (χ4v) is 2.53. The second kappa shape index (κ2) is 10.8. The molecule has 0 heterocycles. The summed E-state index contributed by atoms with van der Waals surface area (Å²) in [7, 11) is 0. The molecule has 2 amide bonds. The van der Waals surface area contributed by atoms with Crippen LogP contribution >= 0.6 is 0 Å². The minimum Gasteiger partial charge on any atom is -0.481 e. The number of hydrogen-bond donors (Lipinski definition) is 3. The topological polar surface area (TPSA) is 168 Å². The van der Waals surface area contributed by atoms with E-state index in [0.717, 1.165) is 5.56 Å². The number of carbonyl (C=O) groups is 3. The van der Waals surface area contributed by atoms with E-state index in [1.807, 2.05) is 6.07 Å². The van der Waals surface area contributed by atoms with Crippen LogP contribution in [-0.2, 0) is 11.3 Å². The normalized spacial score (nSPS) is 10.8. The van der Waals surface area contributed by atoms with Crippen LogP contribution in [0.15, 0.2) is 53.6 Å². The summed E-state index contributed by atoms with van der Waals surface area (Å²) in [6, 6.07) is 13.8. The van der Waals surface area contributed by atoms with Gasteiger partial charge >= 0.3 is 5.97 Å². The quantitative estimate of drug-likeness (QED) is 0.329. The molecule has 3 N–H and O–H groups in total. The lowest BCUT2D eigenvalue weighted by Crippen LogP contribution is -2.38. The first-order chi connectivity index (χ1) is 14.4. The van der Waals surface area contributed by atoms with E-state index in [1.54, 1.807) is 48.5 Å². The van der Waals surface area contributed by atoms with Crippen molar-refractivity contribution in [2.24, 2.45) is 5.11 Å². The van der Waals surface area contributed by atoms with E-state index in [-0.39, 0.29) is 25.4 Å². The van der Waals surface area contributed by atoms with Gasteiger partial charge in [0.05, 0.1) is 18.1 Å². The lowest BCUT2D eigenvalue weighted by atomic mass is 10.1. The molecule has 2 aromatic carbocycles. The van der Waals surface area contributed by atoms with Crippen LogP contribution in [0.2, 0.25) is 0 Å². The molecule has 0 unspecified atom stereocenters. The van der Waals surface area contributed by atoms with Crippen LogP contribution in [0, 0.1) is 11.3 Å². The number of nitriles is 1. The highest BCUT2D eigenvalue weighted by atomic mass is 16.4. The van der Waals surface area contributed by atoms with Crippen LogP contribution in [0.3, 0.4) is 0 Å². The Morgan fingerprint density at radius 2 is 1.67 bits per heavy atom. The molecule has 0 saturated heterocycles. The monoisotopic (exact) mass is 406 g/mol. The Balaban J connectivity index is 1.93. The van der Waals surface area contributed by atoms with Gasteiger partial charge in [-0.2, -0.15) is 5.26 Å². The maximum Gasteiger partial charge on any atom is 0.305 e. The number of carboxylic acid groups (broad SMARTS) is 1. The summed E-state index contributed by atoms with van der Waals surface area (Å²) in [5.74, 6) is -1.92. The molecule has 0 aliphatic carbocycles. The van der Waals surface area contributed by atoms with E-state index < -0.39 is 17.9 Å². The van der Waals surface area contributed by atoms with E-state index in [1.165, 1.54) is 0 Å². The van der Waals surface area contributed by atoms with E-state index in [2.05, 4.69) is 20.7 Å². The van der Waals surface area contributed by atoms with E-state index in [0.29, 0.717) is 16.7 Å². The summed E-state index contributed by atoms with van der Waals surface area (Å²) in [6.07, 6.45) is -0.371. The van der Waals surface area contributed by atoms with Gasteiger partial charge in [0, 0.05) is 35.2 Å². The van der Waals surface area contributed by atoms with Crippen molar-refractivity contribution < 1.29 is 19.5 Å². The van der Waals surface area contributed by atoms with Crippen LogP contribution in [0.25, 0.3) is 10.4 Å². The summed E-state index contributed by atoms with van der Waals surface area (Å²) in [6.45, 7) is 0.0628. The zero-order chi connectivity index (χ0) is 21.9. The Hall–Kier alpha value is -4.35. The Kier molecular flexibility index (Phi) is 7.94. The van der Waals surface area contributed by atoms with Crippen molar-refractivity contribution in [2.45, 2.75) is 19.0 Å². The van der Waals surface area contributed by atoms with Gasteiger partial charge in [0.15, 0.2) is 0 Å². The molecule has 0 radical (unpaired) electrons. The molecular weight excluding hydrogens is 388 g/mol. The molecule has 1 atom stereocenters. The van der Waals surface area contributed by atoms with E-state index in [4.69, 9.17) is 15.9 Å². The maximum absolute atomic E-state index is 12.3. The highest BCUT2D eigenvalue weighted by Crippen LogP contribution is 2.07. The zero-order valence-corrected chi connectivity index (χ0v) is 15.8. The standard InChI is InChI=1S/C20H18N6O4/c21-10-13-1-5-15(6-2-13)19(29)23-11-14-3-7-16(8-4-14)20(30)25-17(9-18(27)28)12-24-26-22/h1-8,17H,9,11-12H2,(H,23,29)(H,25,30)(H,27,28)/t17-/m0/s1. The molecule has 10 nitrogen and oxygen atoms in total. The minimum absolute atomic E-state index is 0.173. The first-order valence-corrected chi connectivity index (χ1v) is 8.83. The van der Waals surface area contributed by atoms with Crippen molar-refractivity contribution in [2.75, 3.05) is 6.54 Å². The number of azide groups is 1. The van der Waals surface area contributed by atoms with Crippen molar-refractivity contribution in [3.63, 3.8) is 0 Å². The summed E-state index contributed by atoms with van der Waals surface area (Å²) in [4.78, 5) is 37.9. The van der Waals surface area contributed by atoms with E-state index >= 15 is 0 Å². The molecule has 0 aromatic heterocycles. The Morgan fingerprint density at radius 1 is 1.07 bits per heavy atom. The summed E-state index contributed by atoms with van der Waals surface area (Å²) >= 11 is 0. The largest absolute Gasteiger partial charge is 0.481 e. The van der Waals surface area contributed by atoms with Crippen LogP contribution in [0.4, 0.5) is 0 Å². The Bertz CT molecular complexity index is 1000. The van der Waals surface area contributed by atoms with Gasteiger partial charge in [-0.1, -0.05) is 17.2 Å². The fraction of sp³-hybridized carbons (Fsp3) is 0.200. The number of rotatable bonds is 9. The molecule has 0 fully saturated rings. The lowest BCUT2D eigenvalue weighted by molar-refractivity contribution is -0.137. The smallest absolute Gasteiger partial charge is 0.305 e. The Morgan fingerprint density at radius 3 is 2.23 bits per heavy atom. The highest BCUT2D eigenvalue weighted by molar-refractivity contribution is 5.95. The Labute approximate surface area is 171 Å². The van der Waals surface area contributed by atoms with E-state index in [9.17, 15) is 14.4 Å². The number of aliphatic carboxylic acids is 1. The molecule has 0 spiro atoms. The van der Waals surface area contributed by atoms with Crippen molar-refractivity contribution in [1.82, 2.24) is 10.6 Å². The molecule has 10 heteroatoms. The minimum atomic E-state index is -1.12. The van der Waals surface area contributed by atoms with Crippen LogP contribution in [0.5, 0.6) is 0 Å². The molecule has 0 aliphatic rings. The average molecular weight is 406 g/mol. The van der Waals surface area contributed by atoms with Gasteiger partial charge in [-0.25, -0.2) is 0 Å². The summed E-state index contributed by atoms with van der Waals surface area (Å²) < 4.78 is 0. The first-order valence-electron chi connectivity index (χ1n) is 8.83. The highest BCUT2D eigenvalue weighted by Gasteiger charge is 2.16. The maximum atomic E-state index is 12.3. The number of amides is 2. The summed E-state index contributed by atoms with van der Waals surface area (Å²) in [5.41, 5.74) is 10.3. The molecule has 0 aliphatic heterocycles. The number of benzene rings is 2. The molecule has 152 valence electrons. The van der Waals surface area contributed by atoms with Gasteiger partial charge in [-0.05, 0) is 47.5 Å². The van der Waals surface area contributed by atoms with Crippen LogP contribution < -0.4 is 10.6 Å². The first kappa shape index (κ1) is 21.9. The predicted molar refractivity (Wildman–Crippen MR) is 106 cm³/mol. The van der Waals surface area contributed by atoms with Crippen LogP contribution in [-0.4, -0.2) is 35.5 Å². The van der Waals surface area contributed by atoms with Gasteiger partial charge in [0.25, 0.3) is 11.8 Å². The zero-order valence-electron chi connectivity index (χ0n) is 15.8. The van der Waals surface area contributed by atoms with Crippen molar-refractivity contribution in [3.05, 3.63) is 81.2 Å². The third-order valence-electron chi connectivity index (χ3n) is 4.07. The SMILES string of the molecule is N#Cc1ccc(C(=O)NCc2ccc(C(=O)N[C@H](CN=[N+]=[N-])CC(=O)O)cc2)cc1. The lowest BCUT2D eigenvalue weighted by Gasteiger charge is -2.14. The number of nitrogens with zero attached hydrogens (tertiary/aromatic N) is 4. The molecule has 0 bridgehead atoms. The molecule has 2 aromatic rings. The third kappa shape index (κ3) is 6.67. The van der Waals surface area contributed by atoms with Crippen molar-refractivity contribution in [1.29, 1.82) is 5.26 Å². The summed E-state index contributed by atoms with van der Waals surface area (Å²) in [5, 5.41) is 26.2. The molecule has 2 rings (SSSR count). The second-order valence-corrected chi connectivity index (χ2v) is 6.25. The van der Waals surface area contributed by atoms with Gasteiger partial charge in [0.2, 0.25) is 0 Å². The predicted octanol–water partition coefficient (Wildman–Crippen LogP) is 2.37. The number of carboxylic acids is 1. The molecule has 30 heavy (non-hydrogen) atoms. The third-order valence-corrected chi connectivity index (χ3v) is 4.07. The second-order valence-electron chi connectivity index (χ2n) is 6.25. The van der Waals surface area contributed by atoms with Gasteiger partial charge in [0.1, 0.15) is 0 Å². The molecule has 0 saturated carbocycles.